The Kier molecular flexibility index (Phi) is 5.02. The lowest BCUT2D eigenvalue weighted by Crippen LogP contribution is -2.43. The molecule has 0 bridgehead atoms. The molecule has 1 aromatic carbocycles. The topological polar surface area (TPSA) is 81.6 Å². The van der Waals surface area contributed by atoms with Crippen LogP contribution >= 0.6 is 0 Å². The fraction of sp³-hybridized carbons (Fsp3) is 0.348. The highest BCUT2D eigenvalue weighted by Gasteiger charge is 2.48. The fourth-order valence-electron chi connectivity index (χ4n) is 4.50. The number of aromatic nitrogens is 4. The molecule has 10 heteroatoms. The van der Waals surface area contributed by atoms with Gasteiger partial charge in [-0.05, 0) is 37.1 Å². The number of hydrogen-bond acceptors (Lipinski definition) is 6. The van der Waals surface area contributed by atoms with E-state index in [9.17, 15) is 13.2 Å². The van der Waals surface area contributed by atoms with Crippen molar-refractivity contribution in [2.24, 2.45) is 5.73 Å². The Morgan fingerprint density at radius 2 is 1.94 bits per heavy atom. The van der Waals surface area contributed by atoms with E-state index in [2.05, 4.69) is 15.2 Å². The van der Waals surface area contributed by atoms with Crippen LogP contribution in [0.1, 0.15) is 24.9 Å². The van der Waals surface area contributed by atoms with E-state index in [1.807, 2.05) is 18.2 Å². The van der Waals surface area contributed by atoms with E-state index >= 15 is 0 Å². The Hall–Kier alpha value is -3.24. The van der Waals surface area contributed by atoms with E-state index in [1.54, 1.807) is 36.6 Å². The zero-order chi connectivity index (χ0) is 23.4. The summed E-state index contributed by atoms with van der Waals surface area (Å²) in [7, 11) is 1.56. The van der Waals surface area contributed by atoms with Crippen LogP contribution in [0.4, 0.5) is 13.2 Å². The number of fused-ring (bicyclic) bond motifs is 2. The summed E-state index contributed by atoms with van der Waals surface area (Å²) in [4.78, 5) is 6.05. The predicted octanol–water partition coefficient (Wildman–Crippen LogP) is 3.98. The zero-order valence-electron chi connectivity index (χ0n) is 18.2. The molecule has 1 fully saturated rings. The van der Waals surface area contributed by atoms with Crippen molar-refractivity contribution in [3.8, 4) is 17.3 Å². The largest absolute Gasteiger partial charge is 0.494 e. The average molecular weight is 456 g/mol. The molecule has 0 amide bonds. The maximum Gasteiger partial charge on any atom is 0.408 e. The van der Waals surface area contributed by atoms with Gasteiger partial charge in [0.15, 0.2) is 11.5 Å². The Labute approximate surface area is 188 Å². The Balaban J connectivity index is 1.61. The van der Waals surface area contributed by atoms with Crippen molar-refractivity contribution in [1.29, 1.82) is 0 Å². The summed E-state index contributed by atoms with van der Waals surface area (Å²) < 4.78 is 49.5. The number of alkyl halides is 3. The lowest BCUT2D eigenvalue weighted by molar-refractivity contribution is -0.184. The molecule has 7 nitrogen and oxygen atoms in total. The Morgan fingerprint density at radius 3 is 2.64 bits per heavy atom. The van der Waals surface area contributed by atoms with Gasteiger partial charge in [-0.15, -0.1) is 10.2 Å². The first-order valence-electron chi connectivity index (χ1n) is 10.5. The van der Waals surface area contributed by atoms with Gasteiger partial charge in [0.05, 0.1) is 7.11 Å². The fourth-order valence-corrected chi connectivity index (χ4v) is 4.50. The lowest BCUT2D eigenvalue weighted by Gasteiger charge is -2.31. The second kappa shape index (κ2) is 7.67. The number of nitrogens with zero attached hydrogens (tertiary/aromatic N) is 5. The molecule has 172 valence electrons. The molecule has 0 saturated carbocycles. The van der Waals surface area contributed by atoms with Crippen LogP contribution in [-0.4, -0.2) is 56.4 Å². The Bertz CT molecular complexity index is 1330. The van der Waals surface area contributed by atoms with Gasteiger partial charge in [-0.3, -0.25) is 9.30 Å². The van der Waals surface area contributed by atoms with Gasteiger partial charge >= 0.3 is 6.18 Å². The normalized spacial score (nSPS) is 20.5. The van der Waals surface area contributed by atoms with Crippen molar-refractivity contribution < 1.29 is 17.9 Å². The minimum atomic E-state index is -4.46. The molecule has 1 aliphatic rings. The molecule has 2 N–H and O–H groups in total. The number of nitrogens with two attached hydrogens (primary N) is 1. The van der Waals surface area contributed by atoms with E-state index in [4.69, 9.17) is 10.5 Å². The van der Waals surface area contributed by atoms with Crippen LogP contribution in [0, 0.1) is 0 Å². The lowest BCUT2D eigenvalue weighted by atomic mass is 10.0. The number of benzene rings is 1. The third-order valence-electron chi connectivity index (χ3n) is 6.08. The molecular formula is C23H23F3N6O. The number of ether oxygens (including phenoxy) is 1. The van der Waals surface area contributed by atoms with E-state index in [0.717, 1.165) is 5.39 Å². The highest BCUT2D eigenvalue weighted by atomic mass is 19.4. The van der Waals surface area contributed by atoms with Crippen LogP contribution in [0.15, 0.2) is 48.7 Å². The van der Waals surface area contributed by atoms with Gasteiger partial charge < -0.3 is 10.5 Å². The van der Waals surface area contributed by atoms with Gasteiger partial charge in [-0.2, -0.15) is 13.2 Å². The summed E-state index contributed by atoms with van der Waals surface area (Å²) in [6.07, 6.45) is -2.51. The number of para-hydroxylation sites is 1. The zero-order valence-corrected chi connectivity index (χ0v) is 18.2. The molecular weight excluding hydrogens is 433 g/mol. The molecule has 4 aromatic rings. The maximum absolute atomic E-state index is 14.2. The van der Waals surface area contributed by atoms with E-state index < -0.39 is 17.8 Å². The van der Waals surface area contributed by atoms with Crippen LogP contribution in [-0.2, 0) is 0 Å². The van der Waals surface area contributed by atoms with Gasteiger partial charge in [-0.1, -0.05) is 24.3 Å². The van der Waals surface area contributed by atoms with E-state index in [1.165, 1.54) is 17.2 Å². The second-order valence-corrected chi connectivity index (χ2v) is 8.76. The summed E-state index contributed by atoms with van der Waals surface area (Å²) in [6.45, 7) is 2.22. The second-order valence-electron chi connectivity index (χ2n) is 8.76. The number of methoxy groups -OCH3 is 1. The van der Waals surface area contributed by atoms with Crippen LogP contribution in [0.3, 0.4) is 0 Å². The van der Waals surface area contributed by atoms with Crippen molar-refractivity contribution >= 4 is 16.6 Å². The summed E-state index contributed by atoms with van der Waals surface area (Å²) in [5, 5.41) is 9.21. The Morgan fingerprint density at radius 1 is 1.12 bits per heavy atom. The van der Waals surface area contributed by atoms with Crippen molar-refractivity contribution in [3.63, 3.8) is 0 Å². The first-order chi connectivity index (χ1) is 15.7. The van der Waals surface area contributed by atoms with Crippen LogP contribution in [0.5, 0.6) is 5.75 Å². The first-order valence-corrected chi connectivity index (χ1v) is 10.5. The van der Waals surface area contributed by atoms with Crippen LogP contribution in [0.2, 0.25) is 0 Å². The standard InChI is InChI=1S/C23H23F3N6O/c1-22(27)10-11-31(13-22)20(23(24,25)26)15-7-9-18-29-30-21(32(18)12-15)16-8-6-14-4-3-5-17(33-2)19(14)28-16/h3-9,12,20H,10-11,13,27H2,1-2H3. The minimum Gasteiger partial charge on any atom is -0.494 e. The molecule has 0 spiro atoms. The molecule has 3 aromatic heterocycles. The van der Waals surface area contributed by atoms with Crippen LogP contribution < -0.4 is 10.5 Å². The quantitative estimate of drug-likeness (QED) is 0.500. The summed E-state index contributed by atoms with van der Waals surface area (Å²) in [5.74, 6) is 0.950. The third-order valence-corrected chi connectivity index (χ3v) is 6.08. The molecule has 1 aliphatic heterocycles. The number of rotatable bonds is 4. The van der Waals surface area contributed by atoms with Gasteiger partial charge in [0, 0.05) is 30.2 Å². The highest BCUT2D eigenvalue weighted by molar-refractivity contribution is 5.86. The van der Waals surface area contributed by atoms with Crippen molar-refractivity contribution in [2.75, 3.05) is 20.2 Å². The van der Waals surface area contributed by atoms with E-state index in [-0.39, 0.29) is 18.7 Å². The highest BCUT2D eigenvalue weighted by Crippen LogP contribution is 2.41. The van der Waals surface area contributed by atoms with Gasteiger partial charge in [-0.25, -0.2) is 4.98 Å². The van der Waals surface area contributed by atoms with Gasteiger partial charge in [0.25, 0.3) is 0 Å². The van der Waals surface area contributed by atoms with Gasteiger partial charge in [0.1, 0.15) is 23.0 Å². The minimum absolute atomic E-state index is 0.104. The van der Waals surface area contributed by atoms with E-state index in [0.29, 0.717) is 34.9 Å². The van der Waals surface area contributed by atoms with Crippen molar-refractivity contribution in [3.05, 3.63) is 54.2 Å². The number of halogens is 3. The molecule has 0 aliphatic carbocycles. The van der Waals surface area contributed by atoms with Gasteiger partial charge in [0.2, 0.25) is 0 Å². The number of hydrogen-bond donors (Lipinski definition) is 1. The first kappa shape index (κ1) is 21.6. The summed E-state index contributed by atoms with van der Waals surface area (Å²) >= 11 is 0. The maximum atomic E-state index is 14.2. The molecule has 2 atom stereocenters. The number of likely N-dealkylation sites (tertiary alicyclic amines) is 1. The summed E-state index contributed by atoms with van der Waals surface area (Å²) in [5.41, 5.74) is 7.12. The SMILES string of the molecule is COc1cccc2ccc(-c3nnc4ccc(C(N5CCC(C)(N)C5)C(F)(F)F)cn34)nc12. The number of pyridine rings is 2. The summed E-state index contributed by atoms with van der Waals surface area (Å²) in [6, 6.07) is 10.4. The molecule has 2 unspecified atom stereocenters. The molecule has 0 radical (unpaired) electrons. The predicted molar refractivity (Wildman–Crippen MR) is 118 cm³/mol. The van der Waals surface area contributed by atoms with Crippen molar-refractivity contribution in [1.82, 2.24) is 24.5 Å². The molecule has 4 heterocycles. The molecule has 5 rings (SSSR count). The van der Waals surface area contributed by atoms with Crippen LogP contribution in [0.25, 0.3) is 28.1 Å². The molecule has 1 saturated heterocycles. The molecule has 33 heavy (non-hydrogen) atoms. The smallest absolute Gasteiger partial charge is 0.408 e. The average Bonchev–Trinajstić information content (AvgIpc) is 3.34. The monoisotopic (exact) mass is 456 g/mol. The third kappa shape index (κ3) is 3.89. The van der Waals surface area contributed by atoms with Crippen molar-refractivity contribution in [2.45, 2.75) is 31.1 Å².